The lowest BCUT2D eigenvalue weighted by molar-refractivity contribution is -0.112. The van der Waals surface area contributed by atoms with Crippen molar-refractivity contribution in [3.8, 4) is 0 Å². The first-order chi connectivity index (χ1) is 9.78. The number of rotatable bonds is 5. The number of ether oxygens (including phenoxy) is 1. The number of hydrogen-bond acceptors (Lipinski definition) is 3. The molecule has 0 heterocycles. The zero-order chi connectivity index (χ0) is 14.2. The van der Waals surface area contributed by atoms with E-state index < -0.39 is 0 Å². The lowest BCUT2D eigenvalue weighted by atomic mass is 9.83. The van der Waals surface area contributed by atoms with E-state index in [0.29, 0.717) is 19.1 Å². The second kappa shape index (κ2) is 7.68. The highest BCUT2D eigenvalue weighted by atomic mass is 16.5. The monoisotopic (exact) mass is 275 g/mol. The van der Waals surface area contributed by atoms with Gasteiger partial charge >= 0.3 is 6.09 Å². The molecule has 1 N–H and O–H groups in total. The molecular formula is C16H21NO3. The number of carbonyl (C=O) groups excluding carboxylic acids is 2. The SMILES string of the molecule is O=C[C@H]1CC[C@H](CNC(=O)OCc2ccccc2)CC1. The van der Waals surface area contributed by atoms with Gasteiger partial charge in [-0.3, -0.25) is 0 Å². The number of alkyl carbamates (subject to hydrolysis) is 1. The van der Waals surface area contributed by atoms with Crippen molar-refractivity contribution in [1.29, 1.82) is 0 Å². The minimum Gasteiger partial charge on any atom is -0.445 e. The van der Waals surface area contributed by atoms with E-state index >= 15 is 0 Å². The summed E-state index contributed by atoms with van der Waals surface area (Å²) in [5, 5.41) is 2.81. The van der Waals surface area contributed by atoms with Gasteiger partial charge in [-0.2, -0.15) is 0 Å². The zero-order valence-corrected chi connectivity index (χ0v) is 11.6. The Kier molecular flexibility index (Phi) is 5.59. The molecule has 20 heavy (non-hydrogen) atoms. The van der Waals surface area contributed by atoms with Gasteiger partial charge in [0.15, 0.2) is 0 Å². The molecule has 4 nitrogen and oxygen atoms in total. The van der Waals surface area contributed by atoms with E-state index in [0.717, 1.165) is 37.5 Å². The van der Waals surface area contributed by atoms with E-state index in [-0.39, 0.29) is 12.0 Å². The molecule has 4 heteroatoms. The predicted octanol–water partition coefficient (Wildman–Crippen LogP) is 2.92. The molecule has 1 aromatic carbocycles. The van der Waals surface area contributed by atoms with Crippen molar-refractivity contribution in [3.63, 3.8) is 0 Å². The largest absolute Gasteiger partial charge is 0.445 e. The number of aldehydes is 1. The standard InChI is InChI=1S/C16H21NO3/c18-11-14-8-6-13(7-9-14)10-17-16(19)20-12-15-4-2-1-3-5-15/h1-5,11,13-14H,6-10,12H2,(H,17,19)/t13-,14-. The molecule has 0 aliphatic heterocycles. The van der Waals surface area contributed by atoms with Gasteiger partial charge in [-0.25, -0.2) is 4.79 Å². The first kappa shape index (κ1) is 14.6. The molecule has 2 rings (SSSR count). The van der Waals surface area contributed by atoms with Crippen molar-refractivity contribution in [2.75, 3.05) is 6.54 Å². The van der Waals surface area contributed by atoms with Gasteiger partial charge in [-0.15, -0.1) is 0 Å². The second-order valence-corrected chi connectivity index (χ2v) is 5.36. The Hall–Kier alpha value is -1.84. The summed E-state index contributed by atoms with van der Waals surface area (Å²) in [5.41, 5.74) is 0.981. The van der Waals surface area contributed by atoms with Crippen molar-refractivity contribution in [3.05, 3.63) is 35.9 Å². The molecule has 0 unspecified atom stereocenters. The Morgan fingerprint density at radius 3 is 2.55 bits per heavy atom. The van der Waals surface area contributed by atoms with Crippen molar-refractivity contribution in [1.82, 2.24) is 5.32 Å². The summed E-state index contributed by atoms with van der Waals surface area (Å²) in [6, 6.07) is 9.62. The highest BCUT2D eigenvalue weighted by Crippen LogP contribution is 2.26. The quantitative estimate of drug-likeness (QED) is 0.841. The highest BCUT2D eigenvalue weighted by molar-refractivity contribution is 5.67. The van der Waals surface area contributed by atoms with Gasteiger partial charge in [0.2, 0.25) is 0 Å². The molecule has 0 atom stereocenters. The van der Waals surface area contributed by atoms with Crippen molar-refractivity contribution in [2.45, 2.75) is 32.3 Å². The van der Waals surface area contributed by atoms with Crippen LogP contribution in [-0.2, 0) is 16.1 Å². The maximum absolute atomic E-state index is 11.6. The second-order valence-electron chi connectivity index (χ2n) is 5.36. The van der Waals surface area contributed by atoms with Gasteiger partial charge < -0.3 is 14.8 Å². The predicted molar refractivity (Wildman–Crippen MR) is 76.1 cm³/mol. The summed E-state index contributed by atoms with van der Waals surface area (Å²) < 4.78 is 5.16. The van der Waals surface area contributed by atoms with Crippen molar-refractivity contribution < 1.29 is 14.3 Å². The van der Waals surface area contributed by atoms with Gasteiger partial charge in [0.25, 0.3) is 0 Å². The lowest BCUT2D eigenvalue weighted by Gasteiger charge is -2.25. The molecule has 1 fully saturated rings. The van der Waals surface area contributed by atoms with E-state index in [1.54, 1.807) is 0 Å². The molecule has 1 aliphatic carbocycles. The topological polar surface area (TPSA) is 55.4 Å². The third-order valence-corrected chi connectivity index (χ3v) is 3.83. The number of amides is 1. The van der Waals surface area contributed by atoms with Gasteiger partial charge in [0.05, 0.1) is 0 Å². The third kappa shape index (κ3) is 4.68. The average molecular weight is 275 g/mol. The molecule has 1 aliphatic rings. The summed E-state index contributed by atoms with van der Waals surface area (Å²) >= 11 is 0. The molecule has 108 valence electrons. The van der Waals surface area contributed by atoms with E-state index in [1.165, 1.54) is 0 Å². The first-order valence-corrected chi connectivity index (χ1v) is 7.17. The zero-order valence-electron chi connectivity index (χ0n) is 11.6. The number of carbonyl (C=O) groups is 2. The molecule has 0 bridgehead atoms. The molecule has 0 radical (unpaired) electrons. The van der Waals surface area contributed by atoms with Crippen LogP contribution in [0.15, 0.2) is 30.3 Å². The number of hydrogen-bond donors (Lipinski definition) is 1. The van der Waals surface area contributed by atoms with Crippen LogP contribution in [0.3, 0.4) is 0 Å². The van der Waals surface area contributed by atoms with Gasteiger partial charge in [0.1, 0.15) is 12.9 Å². The minimum absolute atomic E-state index is 0.219. The highest BCUT2D eigenvalue weighted by Gasteiger charge is 2.21. The van der Waals surface area contributed by atoms with Crippen LogP contribution in [0, 0.1) is 11.8 Å². The van der Waals surface area contributed by atoms with E-state index in [1.807, 2.05) is 30.3 Å². The van der Waals surface area contributed by atoms with Gasteiger partial charge in [0, 0.05) is 12.5 Å². The normalized spacial score (nSPS) is 22.0. The van der Waals surface area contributed by atoms with Crippen LogP contribution in [0.2, 0.25) is 0 Å². The molecule has 0 aromatic heterocycles. The van der Waals surface area contributed by atoms with Crippen LogP contribution in [-0.4, -0.2) is 18.9 Å². The maximum Gasteiger partial charge on any atom is 0.407 e. The summed E-state index contributed by atoms with van der Waals surface area (Å²) in [7, 11) is 0. The molecule has 0 spiro atoms. The Balaban J connectivity index is 1.62. The Morgan fingerprint density at radius 2 is 1.90 bits per heavy atom. The van der Waals surface area contributed by atoms with Crippen LogP contribution in [0.1, 0.15) is 31.2 Å². The number of nitrogens with one attached hydrogen (secondary N) is 1. The van der Waals surface area contributed by atoms with Gasteiger partial charge in [-0.05, 0) is 37.2 Å². The lowest BCUT2D eigenvalue weighted by Crippen LogP contribution is -2.31. The Morgan fingerprint density at radius 1 is 1.20 bits per heavy atom. The van der Waals surface area contributed by atoms with Crippen LogP contribution >= 0.6 is 0 Å². The first-order valence-electron chi connectivity index (χ1n) is 7.17. The molecule has 1 aromatic rings. The minimum atomic E-state index is -0.369. The fourth-order valence-electron chi connectivity index (χ4n) is 2.53. The van der Waals surface area contributed by atoms with E-state index in [2.05, 4.69) is 5.32 Å². The van der Waals surface area contributed by atoms with Gasteiger partial charge in [-0.1, -0.05) is 30.3 Å². The Bertz CT molecular complexity index is 425. The fraction of sp³-hybridized carbons (Fsp3) is 0.500. The smallest absolute Gasteiger partial charge is 0.407 e. The Labute approximate surface area is 119 Å². The van der Waals surface area contributed by atoms with Crippen LogP contribution in [0.4, 0.5) is 4.79 Å². The maximum atomic E-state index is 11.6. The third-order valence-electron chi connectivity index (χ3n) is 3.83. The number of benzene rings is 1. The average Bonchev–Trinajstić information content (AvgIpc) is 2.52. The van der Waals surface area contributed by atoms with E-state index in [4.69, 9.17) is 4.74 Å². The fourth-order valence-corrected chi connectivity index (χ4v) is 2.53. The summed E-state index contributed by atoms with van der Waals surface area (Å²) in [4.78, 5) is 22.3. The molecule has 0 saturated heterocycles. The summed E-state index contributed by atoms with van der Waals surface area (Å²) in [6.07, 6.45) is 4.57. The van der Waals surface area contributed by atoms with Crippen LogP contribution in [0.25, 0.3) is 0 Å². The van der Waals surface area contributed by atoms with Crippen LogP contribution in [0.5, 0.6) is 0 Å². The molecular weight excluding hydrogens is 254 g/mol. The van der Waals surface area contributed by atoms with Crippen molar-refractivity contribution >= 4 is 12.4 Å². The summed E-state index contributed by atoms with van der Waals surface area (Å²) in [5.74, 6) is 0.687. The van der Waals surface area contributed by atoms with Crippen molar-refractivity contribution in [2.24, 2.45) is 11.8 Å². The molecule has 1 amide bonds. The van der Waals surface area contributed by atoms with Crippen LogP contribution < -0.4 is 5.32 Å². The molecule has 1 saturated carbocycles. The summed E-state index contributed by atoms with van der Waals surface area (Å²) in [6.45, 7) is 0.934. The van der Waals surface area contributed by atoms with E-state index in [9.17, 15) is 9.59 Å².